The van der Waals surface area contributed by atoms with Crippen molar-refractivity contribution >= 4 is 17.6 Å². The Morgan fingerprint density at radius 3 is 2.68 bits per heavy atom. The number of hydrogen-bond acceptors (Lipinski definition) is 3. The van der Waals surface area contributed by atoms with Gasteiger partial charge in [-0.3, -0.25) is 4.79 Å². The molecule has 0 bridgehead atoms. The van der Waals surface area contributed by atoms with Crippen molar-refractivity contribution < 1.29 is 14.7 Å². The van der Waals surface area contributed by atoms with Crippen LogP contribution in [0.4, 0.5) is 5.69 Å². The first kappa shape index (κ1) is 13.4. The topological polar surface area (TPSA) is 83.6 Å². The molecule has 2 atom stereocenters. The summed E-state index contributed by atoms with van der Waals surface area (Å²) in [6, 6.07) is 4.30. The molecule has 19 heavy (non-hydrogen) atoms. The third kappa shape index (κ3) is 2.41. The van der Waals surface area contributed by atoms with E-state index in [0.29, 0.717) is 17.8 Å². The second kappa shape index (κ2) is 4.91. The Morgan fingerprint density at radius 2 is 2.11 bits per heavy atom. The van der Waals surface area contributed by atoms with E-state index < -0.39 is 12.0 Å². The maximum atomic E-state index is 12.4. The Labute approximate surface area is 112 Å². The van der Waals surface area contributed by atoms with Crippen molar-refractivity contribution in [2.75, 3.05) is 12.3 Å². The van der Waals surface area contributed by atoms with Gasteiger partial charge in [0.05, 0.1) is 0 Å². The van der Waals surface area contributed by atoms with Crippen molar-refractivity contribution in [1.82, 2.24) is 4.90 Å². The van der Waals surface area contributed by atoms with Gasteiger partial charge < -0.3 is 15.7 Å². The lowest BCUT2D eigenvalue weighted by atomic mass is 10.0. The summed E-state index contributed by atoms with van der Waals surface area (Å²) in [5, 5.41) is 9.23. The molecule has 1 aliphatic rings. The van der Waals surface area contributed by atoms with Gasteiger partial charge in [0, 0.05) is 17.8 Å². The molecule has 1 amide bonds. The molecule has 2 rings (SSSR count). The highest BCUT2D eigenvalue weighted by Gasteiger charge is 2.39. The van der Waals surface area contributed by atoms with Crippen LogP contribution in [0.5, 0.6) is 0 Å². The lowest BCUT2D eigenvalue weighted by molar-refractivity contribution is -0.142. The maximum absolute atomic E-state index is 12.4. The Balaban J connectivity index is 2.28. The highest BCUT2D eigenvalue weighted by Crippen LogP contribution is 2.26. The zero-order valence-electron chi connectivity index (χ0n) is 11.1. The SMILES string of the molecule is Cc1cc(C(=O)N2CCC(C)C2C(=O)O)ccc1N. The smallest absolute Gasteiger partial charge is 0.326 e. The fourth-order valence-corrected chi connectivity index (χ4v) is 2.53. The van der Waals surface area contributed by atoms with Crippen molar-refractivity contribution in [3.8, 4) is 0 Å². The number of carbonyl (C=O) groups excluding carboxylic acids is 1. The summed E-state index contributed by atoms with van der Waals surface area (Å²) >= 11 is 0. The van der Waals surface area contributed by atoms with Crippen molar-refractivity contribution in [3.05, 3.63) is 29.3 Å². The maximum Gasteiger partial charge on any atom is 0.326 e. The summed E-state index contributed by atoms with van der Waals surface area (Å²) in [5.74, 6) is -1.19. The molecule has 0 aliphatic carbocycles. The molecular formula is C14H18N2O3. The van der Waals surface area contributed by atoms with Crippen LogP contribution in [0.25, 0.3) is 0 Å². The number of aliphatic carboxylic acids is 1. The highest BCUT2D eigenvalue weighted by molar-refractivity contribution is 5.97. The fraction of sp³-hybridized carbons (Fsp3) is 0.429. The first-order chi connectivity index (χ1) is 8.91. The normalized spacial score (nSPS) is 22.5. The Kier molecular flexibility index (Phi) is 3.46. The van der Waals surface area contributed by atoms with Gasteiger partial charge in [-0.05, 0) is 43.0 Å². The molecule has 1 aromatic carbocycles. The molecule has 0 radical (unpaired) electrons. The monoisotopic (exact) mass is 262 g/mol. The molecule has 3 N–H and O–H groups in total. The Bertz CT molecular complexity index is 527. The van der Waals surface area contributed by atoms with E-state index in [1.807, 2.05) is 13.8 Å². The van der Waals surface area contributed by atoms with Gasteiger partial charge in [-0.2, -0.15) is 0 Å². The van der Waals surface area contributed by atoms with Crippen molar-refractivity contribution in [3.63, 3.8) is 0 Å². The van der Waals surface area contributed by atoms with Gasteiger partial charge in [0.2, 0.25) is 0 Å². The lowest BCUT2D eigenvalue weighted by Crippen LogP contribution is -2.42. The Hall–Kier alpha value is -2.04. The van der Waals surface area contributed by atoms with E-state index in [1.54, 1.807) is 18.2 Å². The molecule has 5 heteroatoms. The van der Waals surface area contributed by atoms with Crippen LogP contribution in [0, 0.1) is 12.8 Å². The van der Waals surface area contributed by atoms with Crippen LogP contribution >= 0.6 is 0 Å². The van der Waals surface area contributed by atoms with Gasteiger partial charge in [-0.25, -0.2) is 4.79 Å². The zero-order valence-corrected chi connectivity index (χ0v) is 11.1. The standard InChI is InChI=1S/C14H18N2O3/c1-8-5-6-16(12(8)14(18)19)13(17)10-3-4-11(15)9(2)7-10/h3-4,7-8,12H,5-6,15H2,1-2H3,(H,18,19). The molecule has 0 saturated carbocycles. The van der Waals surface area contributed by atoms with Crippen molar-refractivity contribution in [1.29, 1.82) is 0 Å². The third-order valence-electron chi connectivity index (χ3n) is 3.73. The fourth-order valence-electron chi connectivity index (χ4n) is 2.53. The average Bonchev–Trinajstić information content (AvgIpc) is 2.74. The minimum Gasteiger partial charge on any atom is -0.480 e. The summed E-state index contributed by atoms with van der Waals surface area (Å²) in [4.78, 5) is 25.1. The van der Waals surface area contributed by atoms with Crippen molar-refractivity contribution in [2.24, 2.45) is 5.92 Å². The second-order valence-electron chi connectivity index (χ2n) is 5.12. The van der Waals surface area contributed by atoms with Crippen LogP contribution in [0.3, 0.4) is 0 Å². The molecule has 1 heterocycles. The number of hydrogen-bond donors (Lipinski definition) is 2. The quantitative estimate of drug-likeness (QED) is 0.791. The van der Waals surface area contributed by atoms with Crippen LogP contribution < -0.4 is 5.73 Å². The number of aryl methyl sites for hydroxylation is 1. The van der Waals surface area contributed by atoms with Crippen LogP contribution in [0.2, 0.25) is 0 Å². The zero-order chi connectivity index (χ0) is 14.2. The Morgan fingerprint density at radius 1 is 1.42 bits per heavy atom. The van der Waals surface area contributed by atoms with Gasteiger partial charge in [-0.15, -0.1) is 0 Å². The van der Waals surface area contributed by atoms with Gasteiger partial charge >= 0.3 is 5.97 Å². The number of carboxylic acid groups (broad SMARTS) is 1. The van der Waals surface area contributed by atoms with Gasteiger partial charge in [-0.1, -0.05) is 6.92 Å². The first-order valence-electron chi connectivity index (χ1n) is 6.31. The highest BCUT2D eigenvalue weighted by atomic mass is 16.4. The summed E-state index contributed by atoms with van der Waals surface area (Å²) in [6.07, 6.45) is 0.719. The minimum atomic E-state index is -0.939. The predicted molar refractivity (Wildman–Crippen MR) is 71.8 cm³/mol. The van der Waals surface area contributed by atoms with E-state index in [0.717, 1.165) is 12.0 Å². The molecule has 102 valence electrons. The third-order valence-corrected chi connectivity index (χ3v) is 3.73. The number of rotatable bonds is 2. The number of anilines is 1. The van der Waals surface area contributed by atoms with Crippen LogP contribution in [-0.4, -0.2) is 34.5 Å². The number of likely N-dealkylation sites (tertiary alicyclic amines) is 1. The minimum absolute atomic E-state index is 0.0173. The summed E-state index contributed by atoms with van der Waals surface area (Å²) < 4.78 is 0. The number of nitrogens with zero attached hydrogens (tertiary/aromatic N) is 1. The molecule has 0 spiro atoms. The molecule has 2 unspecified atom stereocenters. The van der Waals surface area contributed by atoms with E-state index in [2.05, 4.69) is 0 Å². The van der Waals surface area contributed by atoms with Gasteiger partial charge in [0.25, 0.3) is 5.91 Å². The van der Waals surface area contributed by atoms with E-state index in [1.165, 1.54) is 4.90 Å². The number of nitrogen functional groups attached to an aromatic ring is 1. The number of amides is 1. The second-order valence-corrected chi connectivity index (χ2v) is 5.12. The predicted octanol–water partition coefficient (Wildman–Crippen LogP) is 1.51. The molecule has 1 aromatic rings. The van der Waals surface area contributed by atoms with Crippen LogP contribution in [0.15, 0.2) is 18.2 Å². The van der Waals surface area contributed by atoms with E-state index in [9.17, 15) is 14.7 Å². The van der Waals surface area contributed by atoms with Crippen LogP contribution in [-0.2, 0) is 4.79 Å². The summed E-state index contributed by atoms with van der Waals surface area (Å²) in [6.45, 7) is 4.17. The van der Waals surface area contributed by atoms with E-state index in [-0.39, 0.29) is 11.8 Å². The molecule has 1 saturated heterocycles. The first-order valence-corrected chi connectivity index (χ1v) is 6.31. The molecule has 1 aliphatic heterocycles. The number of benzene rings is 1. The largest absolute Gasteiger partial charge is 0.480 e. The molecule has 5 nitrogen and oxygen atoms in total. The summed E-state index contributed by atoms with van der Waals surface area (Å²) in [7, 11) is 0. The molecule has 1 fully saturated rings. The van der Waals surface area contributed by atoms with E-state index >= 15 is 0 Å². The number of carbonyl (C=O) groups is 2. The van der Waals surface area contributed by atoms with Crippen molar-refractivity contribution in [2.45, 2.75) is 26.3 Å². The summed E-state index contributed by atoms with van der Waals surface area (Å²) in [5.41, 5.74) is 7.66. The number of nitrogens with two attached hydrogens (primary N) is 1. The average molecular weight is 262 g/mol. The number of carboxylic acids is 1. The molecule has 0 aromatic heterocycles. The van der Waals surface area contributed by atoms with Gasteiger partial charge in [0.15, 0.2) is 0 Å². The van der Waals surface area contributed by atoms with Gasteiger partial charge in [0.1, 0.15) is 6.04 Å². The van der Waals surface area contributed by atoms with E-state index in [4.69, 9.17) is 5.73 Å². The van der Waals surface area contributed by atoms with Crippen LogP contribution in [0.1, 0.15) is 29.3 Å². The molecular weight excluding hydrogens is 244 g/mol. The lowest BCUT2D eigenvalue weighted by Gasteiger charge is -2.23.